The fourth-order valence-corrected chi connectivity index (χ4v) is 4.31. The van der Waals surface area contributed by atoms with Gasteiger partial charge in [0.2, 0.25) is 0 Å². The summed E-state index contributed by atoms with van der Waals surface area (Å²) in [5, 5.41) is 7.36. The number of carbonyl (C=O) groups excluding carboxylic acids is 3. The zero-order chi connectivity index (χ0) is 20.3. The van der Waals surface area contributed by atoms with Crippen molar-refractivity contribution in [3.05, 3.63) is 50.9 Å². The van der Waals surface area contributed by atoms with Gasteiger partial charge in [-0.1, -0.05) is 23.7 Å². The van der Waals surface area contributed by atoms with Crippen LogP contribution in [0.15, 0.2) is 29.4 Å². The number of aryl methyl sites for hydroxylation is 1. The van der Waals surface area contributed by atoms with Gasteiger partial charge in [0, 0.05) is 9.90 Å². The summed E-state index contributed by atoms with van der Waals surface area (Å²) in [5.74, 6) is -2.36. The van der Waals surface area contributed by atoms with E-state index in [9.17, 15) is 14.4 Å². The van der Waals surface area contributed by atoms with Gasteiger partial charge in [0.1, 0.15) is 5.00 Å². The minimum atomic E-state index is -0.933. The summed E-state index contributed by atoms with van der Waals surface area (Å²) in [6, 6.07) is 6.91. The van der Waals surface area contributed by atoms with Crippen LogP contribution in [0.25, 0.3) is 0 Å². The number of nitrogens with zero attached hydrogens (tertiary/aromatic N) is 1. The number of carbonyl (C=O) groups is 3. The van der Waals surface area contributed by atoms with Crippen molar-refractivity contribution in [1.29, 1.82) is 0 Å². The smallest absolute Gasteiger partial charge is 0.341 e. The molecule has 1 heterocycles. The second-order valence-corrected chi connectivity index (χ2v) is 7.69. The van der Waals surface area contributed by atoms with E-state index >= 15 is 0 Å². The number of hydrogen-bond donors (Lipinski definition) is 2. The average Bonchev–Trinajstić information content (AvgIpc) is 3.26. The summed E-state index contributed by atoms with van der Waals surface area (Å²) in [4.78, 5) is 37.5. The SMILES string of the molecule is COC(=O)c1c(NC(=O)C(=O)N/N=C(\C)c2ccc(Cl)cc2)sc2c1CCC2. The van der Waals surface area contributed by atoms with Crippen molar-refractivity contribution in [1.82, 2.24) is 5.43 Å². The number of anilines is 1. The number of esters is 1. The lowest BCUT2D eigenvalue weighted by atomic mass is 10.1. The number of thiophene rings is 1. The van der Waals surface area contributed by atoms with E-state index in [0.717, 1.165) is 35.3 Å². The molecule has 3 rings (SSSR count). The van der Waals surface area contributed by atoms with E-state index < -0.39 is 17.8 Å². The molecule has 0 unspecified atom stereocenters. The van der Waals surface area contributed by atoms with Gasteiger partial charge in [-0.15, -0.1) is 11.3 Å². The molecule has 2 aromatic rings. The van der Waals surface area contributed by atoms with Crippen LogP contribution in [-0.4, -0.2) is 30.6 Å². The van der Waals surface area contributed by atoms with Crippen LogP contribution in [0.4, 0.5) is 5.00 Å². The summed E-state index contributed by atoms with van der Waals surface area (Å²) in [7, 11) is 1.29. The molecule has 2 N–H and O–H groups in total. The standard InChI is InChI=1S/C19H18ClN3O4S/c1-10(11-6-8-12(20)9-7-11)22-23-17(25)16(24)21-18-15(19(26)27-2)13-4-3-5-14(13)28-18/h6-9H,3-5H2,1-2H3,(H,21,24)(H,23,25)/b22-10+. The number of benzene rings is 1. The third-order valence-corrected chi connectivity index (χ3v) is 5.79. The van der Waals surface area contributed by atoms with E-state index in [1.165, 1.54) is 18.4 Å². The van der Waals surface area contributed by atoms with Crippen molar-refractivity contribution in [2.24, 2.45) is 5.10 Å². The molecule has 146 valence electrons. The summed E-state index contributed by atoms with van der Waals surface area (Å²) in [5.41, 5.74) is 4.72. The molecule has 0 fully saturated rings. The lowest BCUT2D eigenvalue weighted by Crippen LogP contribution is -2.33. The van der Waals surface area contributed by atoms with Crippen molar-refractivity contribution in [3.63, 3.8) is 0 Å². The van der Waals surface area contributed by atoms with Gasteiger partial charge in [-0.2, -0.15) is 5.10 Å². The maximum Gasteiger partial charge on any atom is 0.341 e. The largest absolute Gasteiger partial charge is 0.465 e. The van der Waals surface area contributed by atoms with Gasteiger partial charge in [-0.3, -0.25) is 9.59 Å². The Kier molecular flexibility index (Phi) is 6.11. The Morgan fingerprint density at radius 3 is 2.54 bits per heavy atom. The maximum atomic E-state index is 12.2. The molecule has 1 aliphatic carbocycles. The van der Waals surface area contributed by atoms with Crippen LogP contribution >= 0.6 is 22.9 Å². The quantitative estimate of drug-likeness (QED) is 0.344. The highest BCUT2D eigenvalue weighted by Crippen LogP contribution is 2.39. The molecule has 0 radical (unpaired) electrons. The summed E-state index contributed by atoms with van der Waals surface area (Å²) >= 11 is 7.14. The first kappa shape index (κ1) is 20.0. The van der Waals surface area contributed by atoms with Gasteiger partial charge in [-0.05, 0) is 49.4 Å². The van der Waals surface area contributed by atoms with Crippen molar-refractivity contribution in [3.8, 4) is 0 Å². The molecule has 7 nitrogen and oxygen atoms in total. The molecule has 1 aromatic heterocycles. The van der Waals surface area contributed by atoms with Crippen molar-refractivity contribution >= 4 is 51.4 Å². The normalized spacial score (nSPS) is 13.0. The predicted octanol–water partition coefficient (Wildman–Crippen LogP) is 3.16. The third kappa shape index (κ3) is 4.23. The molecular weight excluding hydrogens is 402 g/mol. The molecule has 0 saturated carbocycles. The highest BCUT2D eigenvalue weighted by molar-refractivity contribution is 7.17. The lowest BCUT2D eigenvalue weighted by molar-refractivity contribution is -0.136. The number of hydrazone groups is 1. The monoisotopic (exact) mass is 419 g/mol. The molecule has 0 aliphatic heterocycles. The van der Waals surface area contributed by atoms with Crippen LogP contribution in [0.5, 0.6) is 0 Å². The molecule has 1 aromatic carbocycles. The highest BCUT2D eigenvalue weighted by atomic mass is 35.5. The fourth-order valence-electron chi connectivity index (χ4n) is 2.91. The Labute approximate surface area is 170 Å². The minimum Gasteiger partial charge on any atom is -0.465 e. The van der Waals surface area contributed by atoms with Gasteiger partial charge < -0.3 is 10.1 Å². The molecule has 1 aliphatic rings. The van der Waals surface area contributed by atoms with Crippen LogP contribution in [0.1, 0.15) is 39.7 Å². The molecule has 0 atom stereocenters. The van der Waals surface area contributed by atoms with Gasteiger partial charge in [-0.25, -0.2) is 10.2 Å². The fraction of sp³-hybridized carbons (Fsp3) is 0.263. The van der Waals surface area contributed by atoms with Crippen molar-refractivity contribution < 1.29 is 19.1 Å². The maximum absolute atomic E-state index is 12.2. The summed E-state index contributed by atoms with van der Waals surface area (Å²) in [6.45, 7) is 1.70. The Morgan fingerprint density at radius 2 is 1.86 bits per heavy atom. The number of halogens is 1. The van der Waals surface area contributed by atoms with Crippen LogP contribution < -0.4 is 10.7 Å². The van der Waals surface area contributed by atoms with Crippen LogP contribution in [-0.2, 0) is 27.2 Å². The first-order valence-corrected chi connectivity index (χ1v) is 9.74. The number of ether oxygens (including phenoxy) is 1. The average molecular weight is 420 g/mol. The second kappa shape index (κ2) is 8.53. The van der Waals surface area contributed by atoms with E-state index in [-0.39, 0.29) is 0 Å². The Balaban J connectivity index is 1.70. The van der Waals surface area contributed by atoms with E-state index in [1.807, 2.05) is 0 Å². The third-order valence-electron chi connectivity index (χ3n) is 4.33. The molecule has 28 heavy (non-hydrogen) atoms. The van der Waals surface area contributed by atoms with Crippen LogP contribution in [0.3, 0.4) is 0 Å². The Bertz CT molecular complexity index is 966. The topological polar surface area (TPSA) is 96.9 Å². The second-order valence-electron chi connectivity index (χ2n) is 6.15. The zero-order valence-electron chi connectivity index (χ0n) is 15.3. The van der Waals surface area contributed by atoms with E-state index in [0.29, 0.717) is 21.3 Å². The van der Waals surface area contributed by atoms with Gasteiger partial charge >= 0.3 is 17.8 Å². The van der Waals surface area contributed by atoms with E-state index in [4.69, 9.17) is 16.3 Å². The van der Waals surface area contributed by atoms with E-state index in [1.54, 1.807) is 31.2 Å². The summed E-state index contributed by atoms with van der Waals surface area (Å²) < 4.78 is 4.82. The first-order chi connectivity index (χ1) is 13.4. The molecule has 0 bridgehead atoms. The molecule has 9 heteroatoms. The number of amides is 2. The number of hydrogen-bond acceptors (Lipinski definition) is 6. The van der Waals surface area contributed by atoms with E-state index in [2.05, 4.69) is 15.8 Å². The Morgan fingerprint density at radius 1 is 1.14 bits per heavy atom. The van der Waals surface area contributed by atoms with Gasteiger partial charge in [0.25, 0.3) is 0 Å². The number of fused-ring (bicyclic) bond motifs is 1. The lowest BCUT2D eigenvalue weighted by Gasteiger charge is -2.06. The first-order valence-electron chi connectivity index (χ1n) is 8.55. The molecular formula is C19H18ClN3O4S. The van der Waals surface area contributed by atoms with Gasteiger partial charge in [0.05, 0.1) is 18.4 Å². The molecule has 2 amide bonds. The van der Waals surface area contributed by atoms with Crippen molar-refractivity contribution in [2.45, 2.75) is 26.2 Å². The van der Waals surface area contributed by atoms with Crippen LogP contribution in [0.2, 0.25) is 5.02 Å². The summed E-state index contributed by atoms with van der Waals surface area (Å²) in [6.07, 6.45) is 2.55. The minimum absolute atomic E-state index is 0.329. The zero-order valence-corrected chi connectivity index (χ0v) is 16.9. The molecule has 0 saturated heterocycles. The number of methoxy groups -OCH3 is 1. The van der Waals surface area contributed by atoms with Gasteiger partial charge in [0.15, 0.2) is 0 Å². The van der Waals surface area contributed by atoms with Crippen molar-refractivity contribution in [2.75, 3.05) is 12.4 Å². The van der Waals surface area contributed by atoms with Crippen LogP contribution in [0, 0.1) is 0 Å². The highest BCUT2D eigenvalue weighted by Gasteiger charge is 2.29. The molecule has 0 spiro atoms. The number of rotatable bonds is 4. The number of nitrogens with one attached hydrogen (secondary N) is 2. The predicted molar refractivity (Wildman–Crippen MR) is 108 cm³/mol. The Hall–Kier alpha value is -2.71.